The van der Waals surface area contributed by atoms with E-state index in [9.17, 15) is 4.79 Å². The number of nitrogens with zero attached hydrogens (tertiary/aromatic N) is 1. The number of hydrogen-bond donors (Lipinski definition) is 1. The number of carbonyl (C=O) groups is 1. The quantitative estimate of drug-likeness (QED) is 0.851. The molecule has 0 fully saturated rings. The van der Waals surface area contributed by atoms with Crippen molar-refractivity contribution in [2.24, 2.45) is 0 Å². The standard InChI is InChI=1S/C17H18Cl2N2O2/c1-21(10-12-6-3-4-9-15(12)23-2)11-16(22)20-17-13(18)7-5-8-14(17)19/h3-9H,10-11H2,1-2H3,(H,20,22). The van der Waals surface area contributed by atoms with Crippen molar-refractivity contribution < 1.29 is 9.53 Å². The minimum absolute atomic E-state index is 0.183. The number of amides is 1. The Morgan fingerprint density at radius 1 is 1.13 bits per heavy atom. The zero-order valence-electron chi connectivity index (χ0n) is 13.0. The topological polar surface area (TPSA) is 41.6 Å². The third-order valence-corrected chi connectivity index (χ3v) is 3.90. The normalized spacial score (nSPS) is 10.7. The number of methoxy groups -OCH3 is 1. The first kappa shape index (κ1) is 17.6. The second-order valence-electron chi connectivity index (χ2n) is 5.13. The number of hydrogen-bond acceptors (Lipinski definition) is 3. The lowest BCUT2D eigenvalue weighted by Gasteiger charge is -2.18. The molecule has 0 saturated carbocycles. The first-order chi connectivity index (χ1) is 11.0. The van der Waals surface area contributed by atoms with Gasteiger partial charge in [-0.3, -0.25) is 9.69 Å². The van der Waals surface area contributed by atoms with Crippen LogP contribution < -0.4 is 10.1 Å². The van der Waals surface area contributed by atoms with E-state index in [1.165, 1.54) is 0 Å². The summed E-state index contributed by atoms with van der Waals surface area (Å²) in [7, 11) is 3.49. The van der Waals surface area contributed by atoms with Crippen molar-refractivity contribution >= 4 is 34.8 Å². The van der Waals surface area contributed by atoms with Crippen LogP contribution in [0, 0.1) is 0 Å². The summed E-state index contributed by atoms with van der Waals surface area (Å²) in [5.41, 5.74) is 1.45. The molecule has 0 saturated heterocycles. The molecule has 2 rings (SSSR count). The minimum Gasteiger partial charge on any atom is -0.496 e. The summed E-state index contributed by atoms with van der Waals surface area (Å²) in [4.78, 5) is 14.1. The molecule has 0 bridgehead atoms. The number of carbonyl (C=O) groups excluding carboxylic acids is 1. The van der Waals surface area contributed by atoms with Crippen molar-refractivity contribution in [2.45, 2.75) is 6.54 Å². The van der Waals surface area contributed by atoms with Crippen molar-refractivity contribution in [2.75, 3.05) is 26.0 Å². The van der Waals surface area contributed by atoms with Crippen molar-refractivity contribution in [1.82, 2.24) is 4.90 Å². The molecule has 2 aromatic rings. The summed E-state index contributed by atoms with van der Waals surface area (Å²) in [6, 6.07) is 12.8. The van der Waals surface area contributed by atoms with E-state index in [2.05, 4.69) is 5.32 Å². The zero-order valence-corrected chi connectivity index (χ0v) is 14.5. The highest BCUT2D eigenvalue weighted by atomic mass is 35.5. The fraction of sp³-hybridized carbons (Fsp3) is 0.235. The molecule has 0 aliphatic carbocycles. The van der Waals surface area contributed by atoms with Crippen LogP contribution >= 0.6 is 23.2 Å². The lowest BCUT2D eigenvalue weighted by atomic mass is 10.2. The number of rotatable bonds is 6. The predicted octanol–water partition coefficient (Wildman–Crippen LogP) is 4.07. The maximum Gasteiger partial charge on any atom is 0.238 e. The van der Waals surface area contributed by atoms with Gasteiger partial charge in [-0.2, -0.15) is 0 Å². The predicted molar refractivity (Wildman–Crippen MR) is 94.4 cm³/mol. The molecule has 1 amide bonds. The third kappa shape index (κ3) is 4.86. The van der Waals surface area contributed by atoms with E-state index in [4.69, 9.17) is 27.9 Å². The van der Waals surface area contributed by atoms with Crippen LogP contribution in [0.25, 0.3) is 0 Å². The van der Waals surface area contributed by atoms with E-state index in [0.717, 1.165) is 11.3 Å². The van der Waals surface area contributed by atoms with Gasteiger partial charge in [-0.15, -0.1) is 0 Å². The van der Waals surface area contributed by atoms with Gasteiger partial charge in [0.2, 0.25) is 5.91 Å². The molecule has 23 heavy (non-hydrogen) atoms. The Kier molecular flexibility index (Phi) is 6.28. The van der Waals surface area contributed by atoms with Crippen molar-refractivity contribution in [3.05, 3.63) is 58.1 Å². The van der Waals surface area contributed by atoms with E-state index in [1.807, 2.05) is 36.2 Å². The van der Waals surface area contributed by atoms with Gasteiger partial charge in [0, 0.05) is 12.1 Å². The summed E-state index contributed by atoms with van der Waals surface area (Å²) in [6.45, 7) is 0.799. The van der Waals surface area contributed by atoms with Crippen molar-refractivity contribution in [3.63, 3.8) is 0 Å². The Morgan fingerprint density at radius 3 is 2.43 bits per heavy atom. The van der Waals surface area contributed by atoms with Crippen LogP contribution in [0.4, 0.5) is 5.69 Å². The molecule has 122 valence electrons. The van der Waals surface area contributed by atoms with Crippen LogP contribution in [0.3, 0.4) is 0 Å². The SMILES string of the molecule is COc1ccccc1CN(C)CC(=O)Nc1c(Cl)cccc1Cl. The zero-order chi connectivity index (χ0) is 16.8. The molecule has 0 spiro atoms. The minimum atomic E-state index is -0.183. The Bertz CT molecular complexity index is 672. The summed E-state index contributed by atoms with van der Waals surface area (Å²) in [6.07, 6.45) is 0. The molecule has 0 unspecified atom stereocenters. The molecule has 0 aliphatic heterocycles. The first-order valence-electron chi connectivity index (χ1n) is 7.05. The van der Waals surface area contributed by atoms with Gasteiger partial charge in [0.25, 0.3) is 0 Å². The first-order valence-corrected chi connectivity index (χ1v) is 7.81. The van der Waals surface area contributed by atoms with Gasteiger partial charge in [-0.1, -0.05) is 47.5 Å². The van der Waals surface area contributed by atoms with Crippen molar-refractivity contribution in [3.8, 4) is 5.75 Å². The van der Waals surface area contributed by atoms with Crippen LogP contribution in [0.2, 0.25) is 10.0 Å². The summed E-state index contributed by atoms with van der Waals surface area (Å²) >= 11 is 12.1. The number of halogens is 2. The lowest BCUT2D eigenvalue weighted by Crippen LogP contribution is -2.30. The fourth-order valence-electron chi connectivity index (χ4n) is 2.22. The number of likely N-dealkylation sites (N-methyl/N-ethyl adjacent to an activating group) is 1. The van der Waals surface area contributed by atoms with Gasteiger partial charge in [0.05, 0.1) is 29.4 Å². The molecular formula is C17H18Cl2N2O2. The van der Waals surface area contributed by atoms with Gasteiger partial charge in [-0.25, -0.2) is 0 Å². The van der Waals surface area contributed by atoms with Crippen LogP contribution in [-0.4, -0.2) is 31.5 Å². The van der Waals surface area contributed by atoms with Crippen LogP contribution in [-0.2, 0) is 11.3 Å². The molecule has 4 nitrogen and oxygen atoms in total. The largest absolute Gasteiger partial charge is 0.496 e. The summed E-state index contributed by atoms with van der Waals surface area (Å²) < 4.78 is 5.32. The van der Waals surface area contributed by atoms with Gasteiger partial charge >= 0.3 is 0 Å². The van der Waals surface area contributed by atoms with Gasteiger partial charge in [0.15, 0.2) is 0 Å². The maximum absolute atomic E-state index is 12.2. The molecule has 0 heterocycles. The van der Waals surface area contributed by atoms with Gasteiger partial charge in [-0.05, 0) is 25.2 Å². The molecule has 0 radical (unpaired) electrons. The molecule has 0 aromatic heterocycles. The molecule has 6 heteroatoms. The number of ether oxygens (including phenoxy) is 1. The summed E-state index contributed by atoms with van der Waals surface area (Å²) in [5, 5.41) is 3.58. The average Bonchev–Trinajstić information content (AvgIpc) is 2.51. The lowest BCUT2D eigenvalue weighted by molar-refractivity contribution is -0.117. The average molecular weight is 353 g/mol. The highest BCUT2D eigenvalue weighted by Crippen LogP contribution is 2.29. The van der Waals surface area contributed by atoms with E-state index >= 15 is 0 Å². The molecular weight excluding hydrogens is 335 g/mol. The van der Waals surface area contributed by atoms with E-state index in [0.29, 0.717) is 22.3 Å². The number of nitrogens with one attached hydrogen (secondary N) is 1. The number of anilines is 1. The highest BCUT2D eigenvalue weighted by molar-refractivity contribution is 6.39. The van der Waals surface area contributed by atoms with Crippen LogP contribution in [0.5, 0.6) is 5.75 Å². The van der Waals surface area contributed by atoms with Crippen molar-refractivity contribution in [1.29, 1.82) is 0 Å². The molecule has 0 aliphatic rings. The van der Waals surface area contributed by atoms with Gasteiger partial charge < -0.3 is 10.1 Å². The Balaban J connectivity index is 1.97. The highest BCUT2D eigenvalue weighted by Gasteiger charge is 2.13. The molecule has 0 atom stereocenters. The summed E-state index contributed by atoms with van der Waals surface area (Å²) in [5.74, 6) is 0.617. The smallest absolute Gasteiger partial charge is 0.238 e. The monoisotopic (exact) mass is 352 g/mol. The third-order valence-electron chi connectivity index (χ3n) is 3.27. The second-order valence-corrected chi connectivity index (χ2v) is 5.94. The van der Waals surface area contributed by atoms with E-state index in [-0.39, 0.29) is 12.5 Å². The van der Waals surface area contributed by atoms with Crippen LogP contribution in [0.15, 0.2) is 42.5 Å². The number of para-hydroxylation sites is 2. The second kappa shape index (κ2) is 8.20. The molecule has 1 N–H and O–H groups in total. The Labute approximate surface area is 146 Å². The van der Waals surface area contributed by atoms with Gasteiger partial charge in [0.1, 0.15) is 5.75 Å². The van der Waals surface area contributed by atoms with E-state index < -0.39 is 0 Å². The molecule has 2 aromatic carbocycles. The maximum atomic E-state index is 12.2. The Morgan fingerprint density at radius 2 is 1.78 bits per heavy atom. The Hall–Kier alpha value is -1.75. The fourth-order valence-corrected chi connectivity index (χ4v) is 2.71. The van der Waals surface area contributed by atoms with Crippen LogP contribution in [0.1, 0.15) is 5.56 Å². The number of benzene rings is 2. The van der Waals surface area contributed by atoms with E-state index in [1.54, 1.807) is 25.3 Å².